The van der Waals surface area contributed by atoms with Crippen LogP contribution in [0.4, 0.5) is 0 Å². The third kappa shape index (κ3) is 6.50. The molecule has 0 saturated heterocycles. The zero-order valence-corrected chi connectivity index (χ0v) is 11.7. The van der Waals surface area contributed by atoms with E-state index in [1.54, 1.807) is 7.11 Å². The van der Waals surface area contributed by atoms with E-state index in [1.165, 1.54) is 32.4 Å². The van der Waals surface area contributed by atoms with Gasteiger partial charge in [0, 0.05) is 6.07 Å². The van der Waals surface area contributed by atoms with Gasteiger partial charge < -0.3 is 14.8 Å². The number of benzene rings is 1. The van der Waals surface area contributed by atoms with Crippen LogP contribution in [0, 0.1) is 0 Å². The molecule has 0 radical (unpaired) electrons. The van der Waals surface area contributed by atoms with Gasteiger partial charge in [-0.1, -0.05) is 19.4 Å². The van der Waals surface area contributed by atoms with Crippen molar-refractivity contribution in [2.45, 2.75) is 32.6 Å². The fourth-order valence-corrected chi connectivity index (χ4v) is 1.76. The summed E-state index contributed by atoms with van der Waals surface area (Å²) < 4.78 is 10.8. The maximum Gasteiger partial charge on any atom is 0.122 e. The van der Waals surface area contributed by atoms with Crippen LogP contribution in [-0.4, -0.2) is 26.8 Å². The first-order valence-corrected chi connectivity index (χ1v) is 6.95. The molecule has 0 unspecified atom stereocenters. The van der Waals surface area contributed by atoms with Crippen LogP contribution in [0.5, 0.6) is 11.5 Å². The van der Waals surface area contributed by atoms with Crippen molar-refractivity contribution in [2.75, 3.05) is 26.8 Å². The Hall–Kier alpha value is -1.22. The molecule has 0 bridgehead atoms. The van der Waals surface area contributed by atoms with Gasteiger partial charge in [-0.05, 0) is 31.4 Å². The quantitative estimate of drug-likeness (QED) is 0.648. The van der Waals surface area contributed by atoms with Gasteiger partial charge in [-0.25, -0.2) is 0 Å². The molecule has 1 aromatic rings. The van der Waals surface area contributed by atoms with E-state index < -0.39 is 0 Å². The molecule has 102 valence electrons. The molecule has 0 aliphatic carbocycles. The number of nitrogens with two attached hydrogens (primary N) is 1. The monoisotopic (exact) mass is 252 g/mol. The minimum Gasteiger partial charge on any atom is -0.497 e. The minimum absolute atomic E-state index is 0.786. The van der Waals surface area contributed by atoms with Crippen LogP contribution < -0.4 is 14.8 Å². The minimum atomic E-state index is 0.786. The maximum atomic E-state index is 5.68. The molecule has 0 aromatic heterocycles. The molecular weight excluding hydrogens is 226 g/mol. The molecular formula is C15H26NO2+. The molecule has 0 spiro atoms. The number of rotatable bonds is 10. The normalized spacial score (nSPS) is 10.3. The van der Waals surface area contributed by atoms with E-state index in [0.29, 0.717) is 0 Å². The lowest BCUT2D eigenvalue weighted by molar-refractivity contribution is -0.655. The van der Waals surface area contributed by atoms with Crippen molar-refractivity contribution in [2.24, 2.45) is 0 Å². The first-order chi connectivity index (χ1) is 8.86. The predicted molar refractivity (Wildman–Crippen MR) is 74.3 cm³/mol. The first kappa shape index (κ1) is 14.8. The highest BCUT2D eigenvalue weighted by atomic mass is 16.5. The summed E-state index contributed by atoms with van der Waals surface area (Å²) in [5.74, 6) is 1.74. The Balaban J connectivity index is 2.03. The Morgan fingerprint density at radius 3 is 2.61 bits per heavy atom. The van der Waals surface area contributed by atoms with E-state index >= 15 is 0 Å². The lowest BCUT2D eigenvalue weighted by atomic mass is 10.3. The molecule has 0 aliphatic heterocycles. The predicted octanol–water partition coefficient (Wildman–Crippen LogP) is 2.22. The number of quaternary nitrogens is 1. The second-order valence-electron chi connectivity index (χ2n) is 4.45. The summed E-state index contributed by atoms with van der Waals surface area (Å²) in [6, 6.07) is 7.77. The van der Waals surface area contributed by atoms with Gasteiger partial charge in [-0.3, -0.25) is 0 Å². The van der Waals surface area contributed by atoms with E-state index in [9.17, 15) is 0 Å². The molecule has 3 nitrogen and oxygen atoms in total. The Bertz CT molecular complexity index is 315. The van der Waals surface area contributed by atoms with Crippen LogP contribution in [0.15, 0.2) is 24.3 Å². The molecule has 1 aromatic carbocycles. The summed E-state index contributed by atoms with van der Waals surface area (Å²) in [6.45, 7) is 5.49. The number of hydrogen-bond donors (Lipinski definition) is 1. The molecule has 0 heterocycles. The van der Waals surface area contributed by atoms with Crippen molar-refractivity contribution in [3.8, 4) is 11.5 Å². The maximum absolute atomic E-state index is 5.68. The fourth-order valence-electron chi connectivity index (χ4n) is 1.76. The van der Waals surface area contributed by atoms with Gasteiger partial charge in [-0.2, -0.15) is 0 Å². The molecule has 2 N–H and O–H groups in total. The average Bonchev–Trinajstić information content (AvgIpc) is 2.42. The summed E-state index contributed by atoms with van der Waals surface area (Å²) in [6.07, 6.45) is 4.93. The average molecular weight is 252 g/mol. The lowest BCUT2D eigenvalue weighted by Gasteiger charge is -2.07. The Morgan fingerprint density at radius 1 is 1.06 bits per heavy atom. The second-order valence-corrected chi connectivity index (χ2v) is 4.45. The summed E-state index contributed by atoms with van der Waals surface area (Å²) in [4.78, 5) is 0. The second kappa shape index (κ2) is 9.77. The van der Waals surface area contributed by atoms with Gasteiger partial charge in [0.1, 0.15) is 11.5 Å². The molecule has 3 heteroatoms. The zero-order valence-electron chi connectivity index (χ0n) is 11.7. The molecule has 0 amide bonds. The molecule has 18 heavy (non-hydrogen) atoms. The Kier molecular flexibility index (Phi) is 8.06. The highest BCUT2D eigenvalue weighted by molar-refractivity contribution is 5.32. The van der Waals surface area contributed by atoms with Gasteiger partial charge >= 0.3 is 0 Å². The van der Waals surface area contributed by atoms with Gasteiger partial charge in [0.2, 0.25) is 0 Å². The van der Waals surface area contributed by atoms with E-state index in [2.05, 4.69) is 12.2 Å². The molecule has 0 fully saturated rings. The van der Waals surface area contributed by atoms with Crippen molar-refractivity contribution in [1.82, 2.24) is 0 Å². The lowest BCUT2D eigenvalue weighted by Crippen LogP contribution is -2.84. The largest absolute Gasteiger partial charge is 0.497 e. The zero-order chi connectivity index (χ0) is 13.1. The third-order valence-corrected chi connectivity index (χ3v) is 2.87. The standard InChI is InChI=1S/C15H25NO2/c1-3-4-10-16-11-5-6-12-18-15-9-7-8-14(13-15)17-2/h7-9,13,16H,3-6,10-12H2,1-2H3/p+1. The van der Waals surface area contributed by atoms with Crippen LogP contribution in [0.1, 0.15) is 32.6 Å². The highest BCUT2D eigenvalue weighted by Gasteiger charge is 1.97. The Morgan fingerprint density at radius 2 is 1.83 bits per heavy atom. The van der Waals surface area contributed by atoms with Crippen LogP contribution in [0.25, 0.3) is 0 Å². The number of methoxy groups -OCH3 is 1. The van der Waals surface area contributed by atoms with Crippen molar-refractivity contribution < 1.29 is 14.8 Å². The van der Waals surface area contributed by atoms with Crippen molar-refractivity contribution in [3.63, 3.8) is 0 Å². The van der Waals surface area contributed by atoms with Crippen molar-refractivity contribution in [3.05, 3.63) is 24.3 Å². The van der Waals surface area contributed by atoms with Crippen LogP contribution in [-0.2, 0) is 0 Å². The SMILES string of the molecule is CCCC[NH2+]CCCCOc1cccc(OC)c1. The van der Waals surface area contributed by atoms with Gasteiger partial charge in [0.25, 0.3) is 0 Å². The van der Waals surface area contributed by atoms with E-state index in [1.807, 2.05) is 24.3 Å². The summed E-state index contributed by atoms with van der Waals surface area (Å²) in [5.41, 5.74) is 0. The molecule has 0 saturated carbocycles. The third-order valence-electron chi connectivity index (χ3n) is 2.87. The fraction of sp³-hybridized carbons (Fsp3) is 0.600. The highest BCUT2D eigenvalue weighted by Crippen LogP contribution is 2.18. The first-order valence-electron chi connectivity index (χ1n) is 6.95. The number of ether oxygens (including phenoxy) is 2. The van der Waals surface area contributed by atoms with Crippen LogP contribution in [0.3, 0.4) is 0 Å². The number of unbranched alkanes of at least 4 members (excludes halogenated alkanes) is 2. The van der Waals surface area contributed by atoms with E-state index in [-0.39, 0.29) is 0 Å². The molecule has 1 rings (SSSR count). The summed E-state index contributed by atoms with van der Waals surface area (Å²) in [5, 5.41) is 2.40. The van der Waals surface area contributed by atoms with Crippen LogP contribution >= 0.6 is 0 Å². The Labute approximate surface area is 110 Å². The molecule has 0 aliphatic rings. The summed E-state index contributed by atoms with van der Waals surface area (Å²) >= 11 is 0. The van der Waals surface area contributed by atoms with Crippen molar-refractivity contribution >= 4 is 0 Å². The van der Waals surface area contributed by atoms with E-state index in [4.69, 9.17) is 9.47 Å². The summed E-state index contributed by atoms with van der Waals surface area (Å²) in [7, 11) is 1.67. The smallest absolute Gasteiger partial charge is 0.122 e. The topological polar surface area (TPSA) is 35.1 Å². The van der Waals surface area contributed by atoms with E-state index in [0.717, 1.165) is 24.5 Å². The molecule has 0 atom stereocenters. The van der Waals surface area contributed by atoms with Gasteiger partial charge in [0.05, 0.1) is 26.8 Å². The van der Waals surface area contributed by atoms with Gasteiger partial charge in [-0.15, -0.1) is 0 Å². The number of hydrogen-bond acceptors (Lipinski definition) is 2. The van der Waals surface area contributed by atoms with Crippen molar-refractivity contribution in [1.29, 1.82) is 0 Å². The van der Waals surface area contributed by atoms with Gasteiger partial charge in [0.15, 0.2) is 0 Å². The van der Waals surface area contributed by atoms with Crippen LogP contribution in [0.2, 0.25) is 0 Å².